The standard InChI is InChI=1S/C17H23N5O3/c1-4-13-18-15(21-20-13)11-6-5-9-22(10-11)17(23)12-7-8-14(24-2)19-16(12)25-3/h7-8,11H,4-6,9-10H2,1-3H3,(H,18,20,21). The third-order valence-corrected chi connectivity index (χ3v) is 4.43. The minimum atomic E-state index is -0.0945. The molecule has 1 fully saturated rings. The predicted molar refractivity (Wildman–Crippen MR) is 91.0 cm³/mol. The van der Waals surface area contributed by atoms with Gasteiger partial charge >= 0.3 is 0 Å². The molecule has 8 heteroatoms. The minimum absolute atomic E-state index is 0.0945. The number of nitrogens with one attached hydrogen (secondary N) is 1. The highest BCUT2D eigenvalue weighted by atomic mass is 16.5. The van der Waals surface area contributed by atoms with E-state index < -0.39 is 0 Å². The molecule has 3 rings (SSSR count). The van der Waals surface area contributed by atoms with Crippen LogP contribution in [-0.4, -0.2) is 58.3 Å². The van der Waals surface area contributed by atoms with E-state index in [0.717, 1.165) is 30.9 Å². The molecule has 0 radical (unpaired) electrons. The van der Waals surface area contributed by atoms with Gasteiger partial charge in [-0.1, -0.05) is 6.92 Å². The first-order valence-electron chi connectivity index (χ1n) is 8.45. The third-order valence-electron chi connectivity index (χ3n) is 4.43. The van der Waals surface area contributed by atoms with Crippen molar-refractivity contribution in [1.82, 2.24) is 25.1 Å². The number of rotatable bonds is 5. The molecule has 25 heavy (non-hydrogen) atoms. The van der Waals surface area contributed by atoms with Crippen molar-refractivity contribution in [3.8, 4) is 11.8 Å². The Balaban J connectivity index is 1.78. The van der Waals surface area contributed by atoms with Crippen LogP contribution < -0.4 is 9.47 Å². The number of carbonyl (C=O) groups excluding carboxylic acids is 1. The van der Waals surface area contributed by atoms with Crippen LogP contribution in [0.25, 0.3) is 0 Å². The van der Waals surface area contributed by atoms with Gasteiger partial charge < -0.3 is 14.4 Å². The van der Waals surface area contributed by atoms with Gasteiger partial charge in [-0.25, -0.2) is 4.98 Å². The van der Waals surface area contributed by atoms with Crippen molar-refractivity contribution in [2.24, 2.45) is 0 Å². The van der Waals surface area contributed by atoms with Crippen LogP contribution in [0, 0.1) is 0 Å². The second-order valence-corrected chi connectivity index (χ2v) is 5.99. The molecule has 1 unspecified atom stereocenters. The Bertz CT molecular complexity index is 746. The van der Waals surface area contributed by atoms with Crippen molar-refractivity contribution >= 4 is 5.91 Å². The molecule has 0 aromatic carbocycles. The Morgan fingerprint density at radius 2 is 2.16 bits per heavy atom. The molecular formula is C17H23N5O3. The average Bonchev–Trinajstić information content (AvgIpc) is 3.16. The van der Waals surface area contributed by atoms with Crippen LogP contribution in [0.1, 0.15) is 47.7 Å². The van der Waals surface area contributed by atoms with Crippen LogP contribution in [0.4, 0.5) is 0 Å². The first-order valence-corrected chi connectivity index (χ1v) is 8.45. The molecule has 1 amide bonds. The summed E-state index contributed by atoms with van der Waals surface area (Å²) >= 11 is 0. The molecule has 1 aliphatic rings. The summed E-state index contributed by atoms with van der Waals surface area (Å²) < 4.78 is 10.3. The summed E-state index contributed by atoms with van der Waals surface area (Å²) in [6, 6.07) is 3.36. The summed E-state index contributed by atoms with van der Waals surface area (Å²) in [6.45, 7) is 3.33. The summed E-state index contributed by atoms with van der Waals surface area (Å²) in [5, 5.41) is 7.26. The Morgan fingerprint density at radius 3 is 2.84 bits per heavy atom. The molecule has 1 aliphatic heterocycles. The Morgan fingerprint density at radius 1 is 1.32 bits per heavy atom. The number of pyridine rings is 1. The normalized spacial score (nSPS) is 17.4. The number of H-pyrrole nitrogens is 1. The smallest absolute Gasteiger partial charge is 0.259 e. The van der Waals surface area contributed by atoms with Crippen LogP contribution in [0.15, 0.2) is 12.1 Å². The molecule has 0 bridgehead atoms. The van der Waals surface area contributed by atoms with E-state index in [4.69, 9.17) is 9.47 Å². The minimum Gasteiger partial charge on any atom is -0.481 e. The van der Waals surface area contributed by atoms with Crippen molar-refractivity contribution in [3.63, 3.8) is 0 Å². The number of amides is 1. The van der Waals surface area contributed by atoms with Crippen molar-refractivity contribution in [2.75, 3.05) is 27.3 Å². The van der Waals surface area contributed by atoms with Crippen molar-refractivity contribution in [1.29, 1.82) is 0 Å². The van der Waals surface area contributed by atoms with Gasteiger partial charge in [0, 0.05) is 31.5 Å². The summed E-state index contributed by atoms with van der Waals surface area (Å²) in [4.78, 5) is 23.5. The maximum Gasteiger partial charge on any atom is 0.259 e. The van der Waals surface area contributed by atoms with E-state index in [-0.39, 0.29) is 17.7 Å². The topological polar surface area (TPSA) is 93.2 Å². The second kappa shape index (κ2) is 7.50. The number of aromatic nitrogens is 4. The monoisotopic (exact) mass is 345 g/mol. The number of hydrogen-bond acceptors (Lipinski definition) is 6. The zero-order valence-corrected chi connectivity index (χ0v) is 14.8. The lowest BCUT2D eigenvalue weighted by molar-refractivity contribution is 0.0700. The number of carbonyl (C=O) groups is 1. The SMILES string of the molecule is CCc1nc(C2CCCN(C(=O)c3ccc(OC)nc3OC)C2)n[nH]1. The van der Waals surface area contributed by atoms with Gasteiger partial charge in [-0.3, -0.25) is 9.89 Å². The zero-order chi connectivity index (χ0) is 17.8. The first-order chi connectivity index (χ1) is 12.2. The van der Waals surface area contributed by atoms with Gasteiger partial charge in [0.2, 0.25) is 11.8 Å². The molecule has 1 saturated heterocycles. The zero-order valence-electron chi connectivity index (χ0n) is 14.8. The highest BCUT2D eigenvalue weighted by Gasteiger charge is 2.29. The highest BCUT2D eigenvalue weighted by molar-refractivity contribution is 5.96. The molecule has 1 atom stereocenters. The molecule has 0 spiro atoms. The van der Waals surface area contributed by atoms with E-state index in [1.165, 1.54) is 14.2 Å². The fourth-order valence-corrected chi connectivity index (χ4v) is 3.05. The molecule has 134 valence electrons. The lowest BCUT2D eigenvalue weighted by Crippen LogP contribution is -2.39. The molecular weight excluding hydrogens is 322 g/mol. The number of ether oxygens (including phenoxy) is 2. The number of nitrogens with zero attached hydrogens (tertiary/aromatic N) is 4. The number of piperidine rings is 1. The van der Waals surface area contributed by atoms with E-state index in [2.05, 4.69) is 20.2 Å². The Hall–Kier alpha value is -2.64. The molecule has 2 aromatic rings. The van der Waals surface area contributed by atoms with Crippen molar-refractivity contribution < 1.29 is 14.3 Å². The van der Waals surface area contributed by atoms with Gasteiger partial charge in [0.15, 0.2) is 5.82 Å². The van der Waals surface area contributed by atoms with E-state index in [1.54, 1.807) is 12.1 Å². The van der Waals surface area contributed by atoms with Gasteiger partial charge in [0.05, 0.1) is 14.2 Å². The average molecular weight is 345 g/mol. The Labute approximate surface area is 146 Å². The predicted octanol–water partition coefficient (Wildman–Crippen LogP) is 1.80. The number of methoxy groups -OCH3 is 2. The highest BCUT2D eigenvalue weighted by Crippen LogP contribution is 2.28. The van der Waals surface area contributed by atoms with Gasteiger partial charge in [-0.15, -0.1) is 0 Å². The van der Waals surface area contributed by atoms with Crippen LogP contribution in [0.2, 0.25) is 0 Å². The van der Waals surface area contributed by atoms with Crippen LogP contribution in [0.5, 0.6) is 11.8 Å². The fraction of sp³-hybridized carbons (Fsp3) is 0.529. The number of likely N-dealkylation sites (tertiary alicyclic amines) is 1. The summed E-state index contributed by atoms with van der Waals surface area (Å²) in [6.07, 6.45) is 2.71. The third kappa shape index (κ3) is 3.57. The van der Waals surface area contributed by atoms with Crippen LogP contribution >= 0.6 is 0 Å². The van der Waals surface area contributed by atoms with E-state index in [9.17, 15) is 4.79 Å². The van der Waals surface area contributed by atoms with Crippen molar-refractivity contribution in [3.05, 3.63) is 29.3 Å². The summed E-state index contributed by atoms with van der Waals surface area (Å²) in [5.41, 5.74) is 0.438. The number of hydrogen-bond donors (Lipinski definition) is 1. The van der Waals surface area contributed by atoms with Crippen LogP contribution in [-0.2, 0) is 6.42 Å². The summed E-state index contributed by atoms with van der Waals surface area (Å²) in [5.74, 6) is 2.40. The number of aryl methyl sites for hydroxylation is 1. The van der Waals surface area contributed by atoms with Gasteiger partial charge in [-0.05, 0) is 18.9 Å². The summed E-state index contributed by atoms with van der Waals surface area (Å²) in [7, 11) is 3.03. The van der Waals surface area contributed by atoms with Gasteiger partial charge in [-0.2, -0.15) is 10.1 Å². The molecule has 8 nitrogen and oxygen atoms in total. The lowest BCUT2D eigenvalue weighted by Gasteiger charge is -2.31. The lowest BCUT2D eigenvalue weighted by atomic mass is 9.97. The molecule has 2 aromatic heterocycles. The maximum absolute atomic E-state index is 12.9. The number of aromatic amines is 1. The second-order valence-electron chi connectivity index (χ2n) is 5.99. The van der Waals surface area contributed by atoms with Crippen molar-refractivity contribution in [2.45, 2.75) is 32.1 Å². The molecule has 0 aliphatic carbocycles. The molecule has 1 N–H and O–H groups in total. The quantitative estimate of drug-likeness (QED) is 0.888. The van der Waals surface area contributed by atoms with Gasteiger partial charge in [0.25, 0.3) is 5.91 Å². The molecule has 0 saturated carbocycles. The fourth-order valence-electron chi connectivity index (χ4n) is 3.05. The molecule has 3 heterocycles. The van der Waals surface area contributed by atoms with E-state index >= 15 is 0 Å². The van der Waals surface area contributed by atoms with Gasteiger partial charge in [0.1, 0.15) is 11.4 Å². The van der Waals surface area contributed by atoms with Crippen LogP contribution in [0.3, 0.4) is 0 Å². The maximum atomic E-state index is 12.9. The Kier molecular flexibility index (Phi) is 5.16. The first kappa shape index (κ1) is 17.2. The van der Waals surface area contributed by atoms with E-state index in [0.29, 0.717) is 24.5 Å². The largest absolute Gasteiger partial charge is 0.481 e. The van der Waals surface area contributed by atoms with E-state index in [1.807, 2.05) is 11.8 Å².